The Bertz CT molecular complexity index is 1150. The van der Waals surface area contributed by atoms with Crippen LogP contribution in [-0.4, -0.2) is 28.4 Å². The highest BCUT2D eigenvalue weighted by molar-refractivity contribution is 7.15. The summed E-state index contributed by atoms with van der Waals surface area (Å²) in [4.78, 5) is 29.4. The molecule has 0 radical (unpaired) electrons. The highest BCUT2D eigenvalue weighted by atomic mass is 32.1. The molecule has 0 fully saturated rings. The Morgan fingerprint density at radius 1 is 1.10 bits per heavy atom. The van der Waals surface area contributed by atoms with Crippen LogP contribution in [0.25, 0.3) is 16.2 Å². The number of aromatic nitrogens is 2. The second kappa shape index (κ2) is 8.28. The first-order valence-electron chi connectivity index (χ1n) is 9.09. The van der Waals surface area contributed by atoms with E-state index in [1.54, 1.807) is 24.3 Å². The Balaban J connectivity index is 1.40. The average molecular weight is 405 g/mol. The highest BCUT2D eigenvalue weighted by Gasteiger charge is 2.12. The molecule has 146 valence electrons. The van der Waals surface area contributed by atoms with E-state index in [1.165, 1.54) is 18.4 Å². The zero-order valence-electron chi connectivity index (χ0n) is 15.8. The van der Waals surface area contributed by atoms with Gasteiger partial charge in [-0.15, -0.1) is 11.3 Å². The molecular weight excluding hydrogens is 386 g/mol. The number of imidazole rings is 1. The first-order valence-corrected chi connectivity index (χ1v) is 9.97. The molecule has 29 heavy (non-hydrogen) atoms. The summed E-state index contributed by atoms with van der Waals surface area (Å²) in [6.07, 6.45) is 2.24. The fraction of sp³-hybridized carbons (Fsp3) is 0.136. The lowest BCUT2D eigenvalue weighted by molar-refractivity contribution is -0.120. The standard InChI is InChI=1S/C22H19N3O3S/c1-28-21(27)17-9-7-15(8-10-17)12-23-20(26)11-18-14-29-22-24-19(13-25(18)22)16-5-3-2-4-6-16/h2-10,13-14H,11-12H2,1H3,(H,23,26). The van der Waals surface area contributed by atoms with Crippen LogP contribution in [-0.2, 0) is 22.5 Å². The predicted molar refractivity (Wildman–Crippen MR) is 112 cm³/mol. The maximum atomic E-state index is 12.4. The molecule has 0 spiro atoms. The van der Waals surface area contributed by atoms with Gasteiger partial charge in [0.2, 0.25) is 5.91 Å². The Morgan fingerprint density at radius 2 is 1.86 bits per heavy atom. The molecule has 0 aliphatic carbocycles. The third-order valence-electron chi connectivity index (χ3n) is 4.56. The molecule has 1 amide bonds. The van der Waals surface area contributed by atoms with E-state index in [0.717, 1.165) is 27.5 Å². The van der Waals surface area contributed by atoms with Crippen LogP contribution in [0.4, 0.5) is 0 Å². The molecule has 0 bridgehead atoms. The first-order chi connectivity index (χ1) is 14.1. The third-order valence-corrected chi connectivity index (χ3v) is 5.45. The number of hydrogen-bond donors (Lipinski definition) is 1. The summed E-state index contributed by atoms with van der Waals surface area (Å²) in [5.74, 6) is -0.450. The lowest BCUT2D eigenvalue weighted by Crippen LogP contribution is -2.25. The average Bonchev–Trinajstić information content (AvgIpc) is 3.35. The number of benzene rings is 2. The van der Waals surface area contributed by atoms with Crippen LogP contribution in [0.5, 0.6) is 0 Å². The van der Waals surface area contributed by atoms with Gasteiger partial charge in [-0.1, -0.05) is 42.5 Å². The number of amides is 1. The van der Waals surface area contributed by atoms with Crippen molar-refractivity contribution in [3.63, 3.8) is 0 Å². The molecule has 0 aliphatic rings. The Kier molecular flexibility index (Phi) is 5.39. The van der Waals surface area contributed by atoms with Gasteiger partial charge in [-0.05, 0) is 17.7 Å². The summed E-state index contributed by atoms with van der Waals surface area (Å²) in [6.45, 7) is 0.396. The molecule has 2 aromatic carbocycles. The summed E-state index contributed by atoms with van der Waals surface area (Å²) < 4.78 is 6.65. The quantitative estimate of drug-likeness (QED) is 0.497. The van der Waals surface area contributed by atoms with E-state index in [1.807, 2.05) is 46.3 Å². The van der Waals surface area contributed by atoms with Crippen LogP contribution in [0.1, 0.15) is 21.6 Å². The minimum absolute atomic E-state index is 0.0725. The zero-order chi connectivity index (χ0) is 20.2. The SMILES string of the molecule is COC(=O)c1ccc(CNC(=O)Cc2csc3nc(-c4ccccc4)cn23)cc1. The van der Waals surface area contributed by atoms with Crippen molar-refractivity contribution < 1.29 is 14.3 Å². The second-order valence-corrected chi connectivity index (χ2v) is 7.35. The third kappa shape index (κ3) is 4.20. The van der Waals surface area contributed by atoms with Gasteiger partial charge < -0.3 is 10.1 Å². The van der Waals surface area contributed by atoms with Crippen molar-refractivity contribution in [2.45, 2.75) is 13.0 Å². The molecule has 0 saturated heterocycles. The number of methoxy groups -OCH3 is 1. The van der Waals surface area contributed by atoms with Gasteiger partial charge in [-0.25, -0.2) is 9.78 Å². The number of thiazole rings is 1. The van der Waals surface area contributed by atoms with Gasteiger partial charge >= 0.3 is 5.97 Å². The number of ether oxygens (including phenoxy) is 1. The van der Waals surface area contributed by atoms with Crippen molar-refractivity contribution in [3.8, 4) is 11.3 Å². The fourth-order valence-electron chi connectivity index (χ4n) is 3.01. The molecule has 0 unspecified atom stereocenters. The van der Waals surface area contributed by atoms with Crippen molar-refractivity contribution in [2.75, 3.05) is 7.11 Å². The molecule has 4 aromatic rings. The van der Waals surface area contributed by atoms with Gasteiger partial charge in [0, 0.05) is 29.4 Å². The van der Waals surface area contributed by atoms with Gasteiger partial charge in [0.25, 0.3) is 0 Å². The van der Waals surface area contributed by atoms with Gasteiger partial charge in [0.1, 0.15) is 0 Å². The molecule has 7 heteroatoms. The lowest BCUT2D eigenvalue weighted by Gasteiger charge is -2.06. The predicted octanol–water partition coefficient (Wildman–Crippen LogP) is 3.71. The maximum absolute atomic E-state index is 12.4. The number of nitrogens with zero attached hydrogens (tertiary/aromatic N) is 2. The molecule has 0 atom stereocenters. The van der Waals surface area contributed by atoms with Crippen molar-refractivity contribution in [2.24, 2.45) is 0 Å². The van der Waals surface area contributed by atoms with Crippen molar-refractivity contribution in [1.29, 1.82) is 0 Å². The number of fused-ring (bicyclic) bond motifs is 1. The largest absolute Gasteiger partial charge is 0.465 e. The van der Waals surface area contributed by atoms with Gasteiger partial charge in [-0.3, -0.25) is 9.20 Å². The number of esters is 1. The second-order valence-electron chi connectivity index (χ2n) is 6.51. The smallest absolute Gasteiger partial charge is 0.337 e. The molecule has 2 heterocycles. The normalized spacial score (nSPS) is 10.8. The van der Waals surface area contributed by atoms with Crippen molar-refractivity contribution in [3.05, 3.63) is 83.0 Å². The van der Waals surface area contributed by atoms with Crippen LogP contribution in [0.15, 0.2) is 66.2 Å². The number of carbonyl (C=O) groups excluding carboxylic acids is 2. The Labute approximate surface area is 171 Å². The minimum Gasteiger partial charge on any atom is -0.465 e. The highest BCUT2D eigenvalue weighted by Crippen LogP contribution is 2.23. The monoisotopic (exact) mass is 405 g/mol. The summed E-state index contributed by atoms with van der Waals surface area (Å²) in [6, 6.07) is 17.0. The summed E-state index contributed by atoms with van der Waals surface area (Å²) in [5.41, 5.74) is 4.24. The Morgan fingerprint density at radius 3 is 2.59 bits per heavy atom. The van der Waals surface area contributed by atoms with E-state index in [2.05, 4.69) is 15.0 Å². The molecule has 6 nitrogen and oxygen atoms in total. The number of nitrogens with one attached hydrogen (secondary N) is 1. The number of carbonyl (C=O) groups is 2. The zero-order valence-corrected chi connectivity index (χ0v) is 16.6. The van der Waals surface area contributed by atoms with E-state index in [0.29, 0.717) is 12.1 Å². The molecule has 0 aliphatic heterocycles. The first kappa shape index (κ1) is 18.9. The fourth-order valence-corrected chi connectivity index (χ4v) is 3.88. The van der Waals surface area contributed by atoms with Crippen molar-refractivity contribution >= 4 is 28.2 Å². The van der Waals surface area contributed by atoms with Gasteiger partial charge in [0.15, 0.2) is 4.96 Å². The van der Waals surface area contributed by atoms with Crippen LogP contribution >= 0.6 is 11.3 Å². The summed E-state index contributed by atoms with van der Waals surface area (Å²) in [7, 11) is 1.35. The van der Waals surface area contributed by atoms with Crippen LogP contribution < -0.4 is 5.32 Å². The van der Waals surface area contributed by atoms with E-state index in [-0.39, 0.29) is 18.3 Å². The van der Waals surface area contributed by atoms with E-state index < -0.39 is 0 Å². The lowest BCUT2D eigenvalue weighted by atomic mass is 10.1. The molecule has 2 aromatic heterocycles. The van der Waals surface area contributed by atoms with E-state index >= 15 is 0 Å². The summed E-state index contributed by atoms with van der Waals surface area (Å²) in [5, 5.41) is 4.88. The molecule has 0 saturated carbocycles. The van der Waals surface area contributed by atoms with Crippen LogP contribution in [0, 0.1) is 0 Å². The number of hydrogen-bond acceptors (Lipinski definition) is 5. The molecular formula is C22H19N3O3S. The molecule has 4 rings (SSSR count). The van der Waals surface area contributed by atoms with E-state index in [4.69, 9.17) is 0 Å². The number of rotatable bonds is 6. The van der Waals surface area contributed by atoms with Crippen molar-refractivity contribution in [1.82, 2.24) is 14.7 Å². The Hall–Kier alpha value is -3.45. The van der Waals surface area contributed by atoms with Gasteiger partial charge in [-0.2, -0.15) is 0 Å². The van der Waals surface area contributed by atoms with E-state index in [9.17, 15) is 9.59 Å². The minimum atomic E-state index is -0.378. The van der Waals surface area contributed by atoms with Crippen LogP contribution in [0.3, 0.4) is 0 Å². The topological polar surface area (TPSA) is 72.7 Å². The van der Waals surface area contributed by atoms with Crippen LogP contribution in [0.2, 0.25) is 0 Å². The maximum Gasteiger partial charge on any atom is 0.337 e. The molecule has 1 N–H and O–H groups in total. The van der Waals surface area contributed by atoms with Gasteiger partial charge in [0.05, 0.1) is 24.8 Å². The summed E-state index contributed by atoms with van der Waals surface area (Å²) >= 11 is 1.52.